The summed E-state index contributed by atoms with van der Waals surface area (Å²) in [5, 5.41) is 0.876. The SMILES string of the molecule is Cc1nc(NS(=O)(=O)c2ccc(Cl)cc2)sc1C(C)(C)C. The Morgan fingerprint density at radius 2 is 1.76 bits per heavy atom. The Kier molecular flexibility index (Phi) is 4.33. The van der Waals surface area contributed by atoms with Crippen LogP contribution in [0.15, 0.2) is 29.2 Å². The molecule has 0 spiro atoms. The molecule has 0 saturated carbocycles. The maximum atomic E-state index is 12.3. The monoisotopic (exact) mass is 344 g/mol. The standard InChI is InChI=1S/C14H17ClN2O2S2/c1-9-12(14(2,3)4)20-13(16-9)17-21(18,19)11-7-5-10(15)6-8-11/h5-8H,1-4H3,(H,16,17). The van der Waals surface area contributed by atoms with E-state index in [2.05, 4.69) is 30.5 Å². The molecule has 114 valence electrons. The molecule has 0 bridgehead atoms. The molecular formula is C14H17ClN2O2S2. The molecule has 0 aliphatic heterocycles. The van der Waals surface area contributed by atoms with Crippen molar-refractivity contribution in [1.82, 2.24) is 4.98 Å². The van der Waals surface area contributed by atoms with Gasteiger partial charge < -0.3 is 0 Å². The van der Waals surface area contributed by atoms with E-state index >= 15 is 0 Å². The summed E-state index contributed by atoms with van der Waals surface area (Å²) in [6.45, 7) is 8.11. The van der Waals surface area contributed by atoms with E-state index in [0.717, 1.165) is 10.6 Å². The highest BCUT2D eigenvalue weighted by Gasteiger charge is 2.23. The Morgan fingerprint density at radius 1 is 1.19 bits per heavy atom. The maximum absolute atomic E-state index is 12.3. The number of aromatic nitrogens is 1. The van der Waals surface area contributed by atoms with E-state index in [-0.39, 0.29) is 10.3 Å². The van der Waals surface area contributed by atoms with Crippen LogP contribution in [0.1, 0.15) is 31.3 Å². The molecular weight excluding hydrogens is 328 g/mol. The van der Waals surface area contributed by atoms with Gasteiger partial charge in [0.1, 0.15) is 0 Å². The van der Waals surface area contributed by atoms with Gasteiger partial charge in [-0.25, -0.2) is 13.4 Å². The number of hydrogen-bond acceptors (Lipinski definition) is 4. The molecule has 1 aromatic carbocycles. The van der Waals surface area contributed by atoms with Gasteiger partial charge in [0.15, 0.2) is 5.13 Å². The van der Waals surface area contributed by atoms with Gasteiger partial charge >= 0.3 is 0 Å². The van der Waals surface area contributed by atoms with E-state index in [9.17, 15) is 8.42 Å². The van der Waals surface area contributed by atoms with Crippen molar-refractivity contribution < 1.29 is 8.42 Å². The van der Waals surface area contributed by atoms with Crippen LogP contribution in [-0.2, 0) is 15.4 Å². The van der Waals surface area contributed by atoms with Gasteiger partial charge in [-0.3, -0.25) is 4.72 Å². The number of anilines is 1. The smallest absolute Gasteiger partial charge is 0.255 e. The lowest BCUT2D eigenvalue weighted by Gasteiger charge is -2.16. The molecule has 2 aromatic rings. The molecule has 4 nitrogen and oxygen atoms in total. The maximum Gasteiger partial charge on any atom is 0.263 e. The quantitative estimate of drug-likeness (QED) is 0.907. The number of benzene rings is 1. The van der Waals surface area contributed by atoms with Gasteiger partial charge in [-0.15, -0.1) is 11.3 Å². The normalized spacial score (nSPS) is 12.4. The lowest BCUT2D eigenvalue weighted by Crippen LogP contribution is -2.12. The number of nitrogens with one attached hydrogen (secondary N) is 1. The summed E-state index contributed by atoms with van der Waals surface area (Å²) < 4.78 is 27.1. The van der Waals surface area contributed by atoms with Crippen LogP contribution in [0.25, 0.3) is 0 Å². The van der Waals surface area contributed by atoms with Gasteiger partial charge in [-0.1, -0.05) is 32.4 Å². The van der Waals surface area contributed by atoms with E-state index in [1.807, 2.05) is 6.92 Å². The molecule has 1 heterocycles. The molecule has 7 heteroatoms. The van der Waals surface area contributed by atoms with Crippen molar-refractivity contribution in [3.63, 3.8) is 0 Å². The molecule has 0 radical (unpaired) electrons. The van der Waals surface area contributed by atoms with Crippen molar-refractivity contribution in [1.29, 1.82) is 0 Å². The zero-order valence-electron chi connectivity index (χ0n) is 12.3. The minimum atomic E-state index is -3.64. The number of nitrogens with zero attached hydrogens (tertiary/aromatic N) is 1. The number of rotatable bonds is 3. The first-order valence-corrected chi connectivity index (χ1v) is 9.04. The molecule has 0 amide bonds. The molecule has 0 aliphatic carbocycles. The van der Waals surface area contributed by atoms with Crippen molar-refractivity contribution in [3.8, 4) is 0 Å². The average molecular weight is 345 g/mol. The van der Waals surface area contributed by atoms with Gasteiger partial charge in [0, 0.05) is 9.90 Å². The van der Waals surface area contributed by atoms with Crippen molar-refractivity contribution in [3.05, 3.63) is 39.9 Å². The summed E-state index contributed by atoms with van der Waals surface area (Å²) in [6.07, 6.45) is 0. The Hall–Kier alpha value is -1.11. The zero-order chi connectivity index (χ0) is 15.8. The second-order valence-electron chi connectivity index (χ2n) is 5.74. The van der Waals surface area contributed by atoms with Crippen LogP contribution in [0.5, 0.6) is 0 Å². The zero-order valence-corrected chi connectivity index (χ0v) is 14.7. The number of aryl methyl sites for hydroxylation is 1. The molecule has 0 unspecified atom stereocenters. The molecule has 21 heavy (non-hydrogen) atoms. The van der Waals surface area contributed by atoms with E-state index in [1.165, 1.54) is 23.5 Å². The Labute approximate surface area is 134 Å². The van der Waals surface area contributed by atoms with Crippen molar-refractivity contribution >= 4 is 38.1 Å². The van der Waals surface area contributed by atoms with Crippen LogP contribution >= 0.6 is 22.9 Å². The predicted octanol–water partition coefficient (Wildman–Crippen LogP) is 4.20. The van der Waals surface area contributed by atoms with Crippen LogP contribution in [0, 0.1) is 6.92 Å². The number of hydrogen-bond donors (Lipinski definition) is 1. The highest BCUT2D eigenvalue weighted by molar-refractivity contribution is 7.93. The summed E-state index contributed by atoms with van der Waals surface area (Å²) in [5.74, 6) is 0. The molecule has 0 saturated heterocycles. The van der Waals surface area contributed by atoms with Crippen LogP contribution in [0.4, 0.5) is 5.13 Å². The highest BCUT2D eigenvalue weighted by atomic mass is 35.5. The summed E-state index contributed by atoms with van der Waals surface area (Å²) in [6, 6.07) is 6.03. The topological polar surface area (TPSA) is 59.1 Å². The van der Waals surface area contributed by atoms with E-state index in [4.69, 9.17) is 11.6 Å². The largest absolute Gasteiger partial charge is 0.263 e. The van der Waals surface area contributed by atoms with Crippen molar-refractivity contribution in [2.75, 3.05) is 4.72 Å². The van der Waals surface area contributed by atoms with Gasteiger partial charge in [-0.05, 0) is 36.6 Å². The van der Waals surface area contributed by atoms with E-state index in [0.29, 0.717) is 10.2 Å². The van der Waals surface area contributed by atoms with Crippen LogP contribution in [0.3, 0.4) is 0 Å². The fourth-order valence-corrected chi connectivity index (χ4v) is 4.31. The van der Waals surface area contributed by atoms with Gasteiger partial charge in [0.05, 0.1) is 10.6 Å². The number of sulfonamides is 1. The average Bonchev–Trinajstić information content (AvgIpc) is 2.69. The van der Waals surface area contributed by atoms with Crippen LogP contribution < -0.4 is 4.72 Å². The minimum Gasteiger partial charge on any atom is -0.255 e. The number of halogens is 1. The van der Waals surface area contributed by atoms with Gasteiger partial charge in [0.2, 0.25) is 0 Å². The fraction of sp³-hybridized carbons (Fsp3) is 0.357. The molecule has 0 aliphatic rings. The first-order chi connectivity index (χ1) is 9.59. The van der Waals surface area contributed by atoms with Crippen molar-refractivity contribution in [2.24, 2.45) is 0 Å². The lowest BCUT2D eigenvalue weighted by molar-refractivity contribution is 0.598. The molecule has 0 fully saturated rings. The summed E-state index contributed by atoms with van der Waals surface area (Å²) in [4.78, 5) is 5.54. The minimum absolute atomic E-state index is 0.0638. The Morgan fingerprint density at radius 3 is 2.24 bits per heavy atom. The highest BCUT2D eigenvalue weighted by Crippen LogP contribution is 2.34. The third-order valence-electron chi connectivity index (χ3n) is 2.82. The van der Waals surface area contributed by atoms with Crippen molar-refractivity contribution in [2.45, 2.75) is 38.0 Å². The fourth-order valence-electron chi connectivity index (χ4n) is 1.92. The predicted molar refractivity (Wildman–Crippen MR) is 87.8 cm³/mol. The summed E-state index contributed by atoms with van der Waals surface area (Å²) >= 11 is 7.13. The molecule has 1 N–H and O–H groups in total. The summed E-state index contributed by atoms with van der Waals surface area (Å²) in [5.41, 5.74) is 0.785. The first-order valence-electron chi connectivity index (χ1n) is 6.36. The van der Waals surface area contributed by atoms with Crippen LogP contribution in [0.2, 0.25) is 5.02 Å². The third-order valence-corrected chi connectivity index (χ3v) is 6.06. The van der Waals surface area contributed by atoms with E-state index < -0.39 is 10.0 Å². The second-order valence-corrected chi connectivity index (χ2v) is 8.86. The third kappa shape index (κ3) is 3.75. The number of thiazole rings is 1. The molecule has 1 aromatic heterocycles. The molecule has 2 rings (SSSR count). The lowest BCUT2D eigenvalue weighted by atomic mass is 9.94. The van der Waals surface area contributed by atoms with Gasteiger partial charge in [0.25, 0.3) is 10.0 Å². The Balaban J connectivity index is 2.31. The van der Waals surface area contributed by atoms with E-state index in [1.54, 1.807) is 12.1 Å². The Bertz CT molecular complexity index is 744. The van der Waals surface area contributed by atoms with Gasteiger partial charge in [-0.2, -0.15) is 0 Å². The first kappa shape index (κ1) is 16.3. The molecule has 0 atom stereocenters. The van der Waals surface area contributed by atoms with Crippen LogP contribution in [-0.4, -0.2) is 13.4 Å². The summed E-state index contributed by atoms with van der Waals surface area (Å²) in [7, 11) is -3.64. The second kappa shape index (κ2) is 5.59.